The molecule has 2 aromatic carbocycles. The number of para-hydroxylation sites is 1. The first-order chi connectivity index (χ1) is 15.5. The Bertz CT molecular complexity index is 1070. The molecule has 0 bridgehead atoms. The molecular formula is C26H28N2O4. The molecule has 0 N–H and O–H groups in total. The molecule has 2 amide bonds. The van der Waals surface area contributed by atoms with Crippen LogP contribution in [0.1, 0.15) is 40.3 Å². The quantitative estimate of drug-likeness (QED) is 0.502. The maximum absolute atomic E-state index is 13.5. The maximum atomic E-state index is 13.5. The Balaban J connectivity index is 1.55. The van der Waals surface area contributed by atoms with Crippen LogP contribution in [0.15, 0.2) is 71.1 Å². The Labute approximate surface area is 188 Å². The summed E-state index contributed by atoms with van der Waals surface area (Å²) in [5.41, 5.74) is 1.50. The molecule has 1 aliphatic rings. The van der Waals surface area contributed by atoms with Crippen molar-refractivity contribution in [2.24, 2.45) is 0 Å². The Morgan fingerprint density at radius 1 is 0.969 bits per heavy atom. The molecule has 1 fully saturated rings. The van der Waals surface area contributed by atoms with Gasteiger partial charge >= 0.3 is 0 Å². The predicted molar refractivity (Wildman–Crippen MR) is 121 cm³/mol. The van der Waals surface area contributed by atoms with Gasteiger partial charge in [-0.25, -0.2) is 0 Å². The fourth-order valence-electron chi connectivity index (χ4n) is 3.77. The minimum absolute atomic E-state index is 0.0219. The number of hydrogen-bond acceptors (Lipinski definition) is 4. The van der Waals surface area contributed by atoms with Crippen LogP contribution in [-0.4, -0.2) is 41.3 Å². The van der Waals surface area contributed by atoms with Crippen LogP contribution < -0.4 is 4.74 Å². The minimum Gasteiger partial charge on any atom is -0.496 e. The third kappa shape index (κ3) is 5.19. The average molecular weight is 433 g/mol. The lowest BCUT2D eigenvalue weighted by molar-refractivity contribution is -0.133. The van der Waals surface area contributed by atoms with Crippen LogP contribution in [-0.2, 0) is 17.9 Å². The molecule has 166 valence electrons. The van der Waals surface area contributed by atoms with Crippen molar-refractivity contribution >= 4 is 11.8 Å². The topological polar surface area (TPSA) is 63.0 Å². The van der Waals surface area contributed by atoms with E-state index in [1.807, 2.05) is 61.5 Å². The van der Waals surface area contributed by atoms with E-state index >= 15 is 0 Å². The summed E-state index contributed by atoms with van der Waals surface area (Å²) in [4.78, 5) is 30.2. The molecule has 0 saturated heterocycles. The van der Waals surface area contributed by atoms with Crippen LogP contribution in [0.2, 0.25) is 0 Å². The number of ether oxygens (including phenoxy) is 1. The molecule has 4 rings (SSSR count). The smallest absolute Gasteiger partial charge is 0.258 e. The van der Waals surface area contributed by atoms with E-state index in [2.05, 4.69) is 0 Å². The van der Waals surface area contributed by atoms with Gasteiger partial charge in [-0.1, -0.05) is 42.5 Å². The van der Waals surface area contributed by atoms with Crippen LogP contribution in [0.4, 0.5) is 0 Å². The lowest BCUT2D eigenvalue weighted by Crippen LogP contribution is -2.43. The fourth-order valence-corrected chi connectivity index (χ4v) is 3.77. The molecule has 6 heteroatoms. The molecular weight excluding hydrogens is 404 g/mol. The van der Waals surface area contributed by atoms with E-state index in [-0.39, 0.29) is 24.4 Å². The van der Waals surface area contributed by atoms with Gasteiger partial charge in [0.05, 0.1) is 19.2 Å². The van der Waals surface area contributed by atoms with Gasteiger partial charge in [0.25, 0.3) is 5.91 Å². The fraction of sp³-hybridized carbons (Fsp3) is 0.308. The first kappa shape index (κ1) is 21.7. The highest BCUT2D eigenvalue weighted by Gasteiger charge is 2.36. The van der Waals surface area contributed by atoms with E-state index in [9.17, 15) is 9.59 Å². The lowest BCUT2D eigenvalue weighted by Gasteiger charge is -2.28. The van der Waals surface area contributed by atoms with Crippen molar-refractivity contribution in [1.82, 2.24) is 9.80 Å². The molecule has 1 aromatic heterocycles. The number of hydrogen-bond donors (Lipinski definition) is 0. The van der Waals surface area contributed by atoms with Gasteiger partial charge in [-0.05, 0) is 49.6 Å². The third-order valence-corrected chi connectivity index (χ3v) is 5.60. The van der Waals surface area contributed by atoms with Crippen molar-refractivity contribution in [2.75, 3.05) is 13.7 Å². The number of carbonyl (C=O) groups excluding carboxylic acids is 2. The van der Waals surface area contributed by atoms with Crippen molar-refractivity contribution in [2.45, 2.75) is 38.9 Å². The molecule has 0 spiro atoms. The van der Waals surface area contributed by atoms with Crippen molar-refractivity contribution < 1.29 is 18.7 Å². The maximum Gasteiger partial charge on any atom is 0.258 e. The van der Waals surface area contributed by atoms with Crippen LogP contribution >= 0.6 is 0 Å². The number of methoxy groups -OCH3 is 1. The molecule has 0 unspecified atom stereocenters. The highest BCUT2D eigenvalue weighted by atomic mass is 16.5. The standard InChI is InChI=1S/C26H28N2O4/c1-19-12-15-22(32-19)17-27(16-20-8-4-3-5-9-20)25(29)18-28(21-13-14-21)26(30)23-10-6-7-11-24(23)31-2/h3-12,15,21H,13-14,16-18H2,1-2H3. The predicted octanol–water partition coefficient (Wildman–Crippen LogP) is 4.43. The summed E-state index contributed by atoms with van der Waals surface area (Å²) in [6, 6.07) is 20.9. The first-order valence-electron chi connectivity index (χ1n) is 10.9. The third-order valence-electron chi connectivity index (χ3n) is 5.60. The van der Waals surface area contributed by atoms with E-state index in [4.69, 9.17) is 9.15 Å². The lowest BCUT2D eigenvalue weighted by atomic mass is 10.1. The van der Waals surface area contributed by atoms with E-state index in [1.54, 1.807) is 29.0 Å². The number of carbonyl (C=O) groups is 2. The van der Waals surface area contributed by atoms with Crippen molar-refractivity contribution in [3.8, 4) is 5.75 Å². The van der Waals surface area contributed by atoms with Gasteiger partial charge in [0.1, 0.15) is 23.8 Å². The van der Waals surface area contributed by atoms with E-state index in [1.165, 1.54) is 0 Å². The molecule has 1 heterocycles. The average Bonchev–Trinajstić information content (AvgIpc) is 3.58. The second-order valence-electron chi connectivity index (χ2n) is 8.11. The molecule has 3 aromatic rings. The number of aryl methyl sites for hydroxylation is 1. The summed E-state index contributed by atoms with van der Waals surface area (Å²) in [6.07, 6.45) is 1.81. The number of amides is 2. The molecule has 0 atom stereocenters. The van der Waals surface area contributed by atoms with Gasteiger partial charge in [0.15, 0.2) is 0 Å². The summed E-state index contributed by atoms with van der Waals surface area (Å²) >= 11 is 0. The second-order valence-corrected chi connectivity index (χ2v) is 8.11. The summed E-state index contributed by atoms with van der Waals surface area (Å²) in [5.74, 6) is 1.76. The highest BCUT2D eigenvalue weighted by Crippen LogP contribution is 2.30. The number of nitrogens with zero attached hydrogens (tertiary/aromatic N) is 2. The number of rotatable bonds is 9. The van der Waals surface area contributed by atoms with E-state index in [0.717, 1.165) is 29.9 Å². The Kier molecular flexibility index (Phi) is 6.59. The molecule has 6 nitrogen and oxygen atoms in total. The molecule has 1 saturated carbocycles. The first-order valence-corrected chi connectivity index (χ1v) is 10.9. The van der Waals surface area contributed by atoms with Crippen molar-refractivity contribution in [1.29, 1.82) is 0 Å². The van der Waals surface area contributed by atoms with Gasteiger partial charge in [0, 0.05) is 12.6 Å². The second kappa shape index (κ2) is 9.73. The van der Waals surface area contributed by atoms with Gasteiger partial charge in [-0.15, -0.1) is 0 Å². The summed E-state index contributed by atoms with van der Waals surface area (Å²) in [6.45, 7) is 2.70. The van der Waals surface area contributed by atoms with Crippen LogP contribution in [0, 0.1) is 6.92 Å². The van der Waals surface area contributed by atoms with Crippen LogP contribution in [0.3, 0.4) is 0 Å². The summed E-state index contributed by atoms with van der Waals surface area (Å²) in [5, 5.41) is 0. The van der Waals surface area contributed by atoms with Gasteiger partial charge in [-0.3, -0.25) is 9.59 Å². The Morgan fingerprint density at radius 3 is 2.34 bits per heavy atom. The van der Waals surface area contributed by atoms with Crippen molar-refractivity contribution in [3.05, 3.63) is 89.4 Å². The normalized spacial score (nSPS) is 12.9. The SMILES string of the molecule is COc1ccccc1C(=O)N(CC(=O)N(Cc1ccccc1)Cc1ccc(C)o1)C1CC1. The van der Waals surface area contributed by atoms with Gasteiger partial charge in [-0.2, -0.15) is 0 Å². The molecule has 0 radical (unpaired) electrons. The molecule has 0 aliphatic heterocycles. The number of furan rings is 1. The largest absolute Gasteiger partial charge is 0.496 e. The summed E-state index contributed by atoms with van der Waals surface area (Å²) < 4.78 is 11.1. The van der Waals surface area contributed by atoms with E-state index < -0.39 is 0 Å². The van der Waals surface area contributed by atoms with Crippen LogP contribution in [0.5, 0.6) is 5.75 Å². The molecule has 1 aliphatic carbocycles. The minimum atomic E-state index is -0.174. The zero-order valence-electron chi connectivity index (χ0n) is 18.5. The van der Waals surface area contributed by atoms with E-state index in [0.29, 0.717) is 24.4 Å². The monoisotopic (exact) mass is 432 g/mol. The van der Waals surface area contributed by atoms with Crippen molar-refractivity contribution in [3.63, 3.8) is 0 Å². The van der Waals surface area contributed by atoms with Gasteiger partial charge in [0.2, 0.25) is 5.91 Å². The van der Waals surface area contributed by atoms with Gasteiger partial charge < -0.3 is 19.0 Å². The van der Waals surface area contributed by atoms with Crippen LogP contribution in [0.25, 0.3) is 0 Å². The number of benzene rings is 2. The zero-order chi connectivity index (χ0) is 22.5. The molecule has 32 heavy (non-hydrogen) atoms. The highest BCUT2D eigenvalue weighted by molar-refractivity contribution is 5.99. The Hall–Kier alpha value is -3.54. The Morgan fingerprint density at radius 2 is 1.69 bits per heavy atom. The zero-order valence-corrected chi connectivity index (χ0v) is 18.5. The summed E-state index contributed by atoms with van der Waals surface area (Å²) in [7, 11) is 1.55.